The number of fused-ring (bicyclic) bond motifs is 5. The number of esters is 2. The molecular weight excluding hydrogens is 448 g/mol. The van der Waals surface area contributed by atoms with E-state index in [1.165, 1.54) is 26.2 Å². The van der Waals surface area contributed by atoms with E-state index in [1.807, 2.05) is 0 Å². The fourth-order valence-corrected chi connectivity index (χ4v) is 8.99. The highest BCUT2D eigenvalue weighted by Crippen LogP contribution is 2.71. The number of hydrogen-bond donors (Lipinski definition) is 1. The van der Waals surface area contributed by atoms with E-state index in [4.69, 9.17) is 13.9 Å². The first-order valence-electron chi connectivity index (χ1n) is 13.1. The van der Waals surface area contributed by atoms with Crippen molar-refractivity contribution in [2.45, 2.75) is 103 Å². The number of carbonyl (C=O) groups is 2. The highest BCUT2D eigenvalue weighted by molar-refractivity contribution is 5.66. The number of aliphatic hydroxyl groups is 1. The van der Waals surface area contributed by atoms with Gasteiger partial charge in [0.25, 0.3) is 0 Å². The maximum absolute atomic E-state index is 12.6. The van der Waals surface area contributed by atoms with Crippen LogP contribution in [0.25, 0.3) is 0 Å². The predicted octanol–water partition coefficient (Wildman–Crippen LogP) is 4.35. The summed E-state index contributed by atoms with van der Waals surface area (Å²) in [6.45, 7) is 7.41. The van der Waals surface area contributed by atoms with E-state index in [-0.39, 0.29) is 35.3 Å². The van der Waals surface area contributed by atoms with Crippen LogP contribution in [0.1, 0.15) is 90.5 Å². The molecule has 0 amide bonds. The van der Waals surface area contributed by atoms with Crippen LogP contribution in [0.5, 0.6) is 0 Å². The molecule has 0 saturated heterocycles. The topological polar surface area (TPSA) is 103 Å². The molecule has 7 nitrogen and oxygen atoms in total. The fraction of sp³-hybridized carbons (Fsp3) is 0.750. The largest absolute Gasteiger partial charge is 0.463 e. The van der Waals surface area contributed by atoms with E-state index in [0.717, 1.165) is 50.5 Å². The lowest BCUT2D eigenvalue weighted by atomic mass is 9.43. The molecule has 1 aromatic heterocycles. The van der Waals surface area contributed by atoms with Crippen molar-refractivity contribution in [2.75, 3.05) is 0 Å². The third kappa shape index (κ3) is 3.76. The van der Waals surface area contributed by atoms with Crippen molar-refractivity contribution < 1.29 is 28.6 Å². The monoisotopic (exact) mass is 486 g/mol. The molecule has 7 heteroatoms. The molecule has 0 radical (unpaired) electrons. The van der Waals surface area contributed by atoms with Gasteiger partial charge in [-0.2, -0.15) is 0 Å². The lowest BCUT2D eigenvalue weighted by Gasteiger charge is -2.63. The van der Waals surface area contributed by atoms with Gasteiger partial charge in [-0.25, -0.2) is 4.79 Å². The maximum atomic E-state index is 12.6. The summed E-state index contributed by atoms with van der Waals surface area (Å²) in [6.07, 6.45) is 7.86. The second-order valence-corrected chi connectivity index (χ2v) is 12.1. The molecule has 0 aromatic carbocycles. The zero-order valence-corrected chi connectivity index (χ0v) is 21.2. The average Bonchev–Trinajstić information content (AvgIpc) is 3.00. The minimum absolute atomic E-state index is 0.00369. The summed E-state index contributed by atoms with van der Waals surface area (Å²) in [4.78, 5) is 35.2. The van der Waals surface area contributed by atoms with Crippen molar-refractivity contribution in [3.8, 4) is 0 Å². The molecule has 192 valence electrons. The van der Waals surface area contributed by atoms with Gasteiger partial charge in [0, 0.05) is 37.7 Å². The van der Waals surface area contributed by atoms with Gasteiger partial charge in [-0.1, -0.05) is 13.8 Å². The quantitative estimate of drug-likeness (QED) is 0.634. The molecule has 5 rings (SSSR count). The van der Waals surface area contributed by atoms with Gasteiger partial charge in [0.2, 0.25) is 0 Å². The van der Waals surface area contributed by atoms with Crippen molar-refractivity contribution >= 4 is 11.9 Å². The summed E-state index contributed by atoms with van der Waals surface area (Å²) in [5, 5.41) is 12.6. The van der Waals surface area contributed by atoms with E-state index in [1.54, 1.807) is 6.07 Å². The zero-order valence-electron chi connectivity index (χ0n) is 21.2. The van der Waals surface area contributed by atoms with Crippen LogP contribution in [0, 0.1) is 28.6 Å². The van der Waals surface area contributed by atoms with Crippen LogP contribution in [0.4, 0.5) is 0 Å². The van der Waals surface area contributed by atoms with E-state index in [0.29, 0.717) is 18.3 Å². The van der Waals surface area contributed by atoms with Gasteiger partial charge in [0.05, 0.1) is 11.9 Å². The van der Waals surface area contributed by atoms with Crippen LogP contribution >= 0.6 is 0 Å². The van der Waals surface area contributed by atoms with Crippen LogP contribution in [0.15, 0.2) is 27.6 Å². The Morgan fingerprint density at radius 3 is 2.40 bits per heavy atom. The molecule has 4 saturated carbocycles. The maximum Gasteiger partial charge on any atom is 0.335 e. The minimum Gasteiger partial charge on any atom is -0.463 e. The van der Waals surface area contributed by atoms with Crippen molar-refractivity contribution in [3.63, 3.8) is 0 Å². The second kappa shape index (κ2) is 8.46. The molecule has 35 heavy (non-hydrogen) atoms. The smallest absolute Gasteiger partial charge is 0.335 e. The average molecular weight is 487 g/mol. The first-order chi connectivity index (χ1) is 16.5. The van der Waals surface area contributed by atoms with Gasteiger partial charge in [-0.05, 0) is 79.7 Å². The molecule has 4 aliphatic carbocycles. The van der Waals surface area contributed by atoms with Crippen molar-refractivity contribution in [1.82, 2.24) is 0 Å². The van der Waals surface area contributed by atoms with E-state index < -0.39 is 22.7 Å². The molecule has 0 aliphatic heterocycles. The van der Waals surface area contributed by atoms with E-state index in [2.05, 4.69) is 13.8 Å². The Labute approximate surface area is 206 Å². The van der Waals surface area contributed by atoms with Gasteiger partial charge < -0.3 is 19.0 Å². The summed E-state index contributed by atoms with van der Waals surface area (Å²) in [5.41, 5.74) is -1.03. The summed E-state index contributed by atoms with van der Waals surface area (Å²) in [7, 11) is 0. The standard InChI is InChI=1S/C28H38O7/c1-16(29)34-20-9-11-26(3)19(13-20)6-7-22-21(26)10-12-27(4)25(18-5-8-24(31)33-15-18)23(35-17(2)30)14-28(22,27)32/h5,8,15,19-23,25,32H,6-7,9-14H2,1-4H3/t19-,20+,21+,22-,23+,25+,26+,27-,28-/m1/s1. The Morgan fingerprint density at radius 2 is 1.74 bits per heavy atom. The molecule has 0 spiro atoms. The van der Waals surface area contributed by atoms with Crippen LogP contribution in [-0.4, -0.2) is 34.9 Å². The van der Waals surface area contributed by atoms with Crippen molar-refractivity contribution in [3.05, 3.63) is 34.4 Å². The molecular formula is C28H38O7. The lowest BCUT2D eigenvalue weighted by Crippen LogP contribution is -2.62. The molecule has 0 unspecified atom stereocenters. The third-order valence-electron chi connectivity index (χ3n) is 10.5. The molecule has 0 bridgehead atoms. The first-order valence-corrected chi connectivity index (χ1v) is 13.1. The van der Waals surface area contributed by atoms with E-state index >= 15 is 0 Å². The van der Waals surface area contributed by atoms with Crippen molar-refractivity contribution in [1.29, 1.82) is 0 Å². The van der Waals surface area contributed by atoms with Crippen LogP contribution in [0.2, 0.25) is 0 Å². The first kappa shape index (κ1) is 24.5. The predicted molar refractivity (Wildman–Crippen MR) is 127 cm³/mol. The highest BCUT2D eigenvalue weighted by Gasteiger charge is 2.70. The molecule has 9 atom stereocenters. The molecule has 4 aliphatic rings. The van der Waals surface area contributed by atoms with Gasteiger partial charge in [0.15, 0.2) is 0 Å². The van der Waals surface area contributed by atoms with Crippen molar-refractivity contribution in [2.24, 2.45) is 28.6 Å². The van der Waals surface area contributed by atoms with Gasteiger partial charge in [0.1, 0.15) is 12.2 Å². The SMILES string of the molecule is CC(=O)O[C@H]1CC[C@@]2(C)[C@H](CC[C@@H]3[C@@H]2CC[C@]2(C)[C@@H](c4ccc(=O)oc4)[C@@H](OC(C)=O)C[C@@]32O)C1. The Kier molecular flexibility index (Phi) is 5.93. The number of ether oxygens (including phenoxy) is 2. The zero-order chi connectivity index (χ0) is 25.2. The Hall–Kier alpha value is -2.15. The summed E-state index contributed by atoms with van der Waals surface area (Å²) in [5.74, 6) is 0.126. The molecule has 4 fully saturated rings. The van der Waals surface area contributed by atoms with Gasteiger partial charge >= 0.3 is 17.6 Å². The molecule has 1 N–H and O–H groups in total. The summed E-state index contributed by atoms with van der Waals surface area (Å²) in [6, 6.07) is 3.16. The number of hydrogen-bond acceptors (Lipinski definition) is 7. The Morgan fingerprint density at radius 1 is 1.00 bits per heavy atom. The Balaban J connectivity index is 1.48. The third-order valence-corrected chi connectivity index (χ3v) is 10.5. The van der Waals surface area contributed by atoms with Gasteiger partial charge in [-0.15, -0.1) is 0 Å². The molecule has 1 heterocycles. The Bertz CT molecular complexity index is 1040. The number of rotatable bonds is 3. The molecule has 1 aromatic rings. The lowest BCUT2D eigenvalue weighted by molar-refractivity contribution is -0.207. The van der Waals surface area contributed by atoms with Crippen LogP contribution in [-0.2, 0) is 19.1 Å². The second-order valence-electron chi connectivity index (χ2n) is 12.1. The van der Waals surface area contributed by atoms with E-state index in [9.17, 15) is 19.5 Å². The fourth-order valence-electron chi connectivity index (χ4n) is 8.99. The van der Waals surface area contributed by atoms with Crippen LogP contribution < -0.4 is 5.63 Å². The summed E-state index contributed by atoms with van der Waals surface area (Å²) >= 11 is 0. The highest BCUT2D eigenvalue weighted by atomic mass is 16.5. The van der Waals surface area contributed by atoms with Gasteiger partial charge in [-0.3, -0.25) is 9.59 Å². The number of carbonyl (C=O) groups excluding carboxylic acids is 2. The normalized spacial score (nSPS) is 44.5. The minimum atomic E-state index is -0.989. The van der Waals surface area contributed by atoms with Crippen LogP contribution in [0.3, 0.4) is 0 Å². The summed E-state index contributed by atoms with van der Waals surface area (Å²) < 4.78 is 16.6.